The molecule has 0 radical (unpaired) electrons. The maximum Gasteiger partial charge on any atom is 0.237 e. The highest BCUT2D eigenvalue weighted by atomic mass is 79.9. The molecule has 0 spiro atoms. The first-order valence-electron chi connectivity index (χ1n) is 2.66. The average Bonchev–Trinajstić information content (AvgIpc) is 2.08. The predicted octanol–water partition coefficient (Wildman–Crippen LogP) is 3.59. The van der Waals surface area contributed by atoms with E-state index in [1.165, 1.54) is 0 Å². The highest BCUT2D eigenvalue weighted by Crippen LogP contribution is 2.39. The predicted molar refractivity (Wildman–Crippen MR) is 42.0 cm³/mol. The molecule has 0 aromatic heterocycles. The van der Waals surface area contributed by atoms with Crippen molar-refractivity contribution in [2.24, 2.45) is 0 Å². The van der Waals surface area contributed by atoms with E-state index < -0.39 is 28.4 Å². The van der Waals surface area contributed by atoms with Crippen LogP contribution in [-0.4, -0.2) is 10.2 Å². The lowest BCUT2D eigenvalue weighted by molar-refractivity contribution is 0.207. The Balaban J connectivity index is 3.18. The van der Waals surface area contributed by atoms with Gasteiger partial charge in [0.15, 0.2) is 17.5 Å². The summed E-state index contributed by atoms with van der Waals surface area (Å²) in [6.45, 7) is 0. The second kappa shape index (κ2) is 3.37. The molecule has 0 saturated carbocycles. The minimum absolute atomic E-state index is 0.417. The molecule has 1 aliphatic rings. The standard InChI is InChI=1S/C5HBr2F4N/c6-4-2(9)1(8)3(10)5(11)12(4)7/h5H. The number of alkyl halides is 1. The smallest absolute Gasteiger partial charge is 0.237 e. The Labute approximate surface area is 82.2 Å². The van der Waals surface area contributed by atoms with E-state index in [-0.39, 0.29) is 0 Å². The van der Waals surface area contributed by atoms with Crippen LogP contribution in [0, 0.1) is 0 Å². The van der Waals surface area contributed by atoms with Crippen LogP contribution in [0.2, 0.25) is 0 Å². The Morgan fingerprint density at radius 3 is 2.17 bits per heavy atom. The van der Waals surface area contributed by atoms with Crippen molar-refractivity contribution < 1.29 is 17.6 Å². The van der Waals surface area contributed by atoms with Crippen LogP contribution in [0.5, 0.6) is 0 Å². The molecule has 0 amide bonds. The van der Waals surface area contributed by atoms with E-state index in [0.717, 1.165) is 0 Å². The number of hydrogen-bond donors (Lipinski definition) is 0. The zero-order valence-corrected chi connectivity index (χ0v) is 8.46. The molecule has 1 rings (SSSR count). The Morgan fingerprint density at radius 1 is 1.17 bits per heavy atom. The van der Waals surface area contributed by atoms with Crippen molar-refractivity contribution in [2.45, 2.75) is 6.30 Å². The SMILES string of the molecule is FC1=C(F)C(F)N(Br)C(Br)=C1F. The highest BCUT2D eigenvalue weighted by molar-refractivity contribution is 9.13. The van der Waals surface area contributed by atoms with Crippen molar-refractivity contribution >= 4 is 32.1 Å². The highest BCUT2D eigenvalue weighted by Gasteiger charge is 2.34. The summed E-state index contributed by atoms with van der Waals surface area (Å²) in [4.78, 5) is 0. The molecule has 0 aromatic rings. The van der Waals surface area contributed by atoms with Crippen LogP contribution < -0.4 is 0 Å². The third-order valence-corrected chi connectivity index (χ3v) is 3.10. The monoisotopic (exact) mass is 309 g/mol. The van der Waals surface area contributed by atoms with Gasteiger partial charge >= 0.3 is 0 Å². The third kappa shape index (κ3) is 1.39. The summed E-state index contributed by atoms with van der Waals surface area (Å²) in [5.74, 6) is -5.07. The normalized spacial score (nSPS) is 25.5. The molecular formula is C5HBr2F4N. The largest absolute Gasteiger partial charge is 0.261 e. The molecule has 7 heteroatoms. The first-order valence-corrected chi connectivity index (χ1v) is 4.17. The maximum atomic E-state index is 12.6. The first-order chi connectivity index (χ1) is 5.46. The van der Waals surface area contributed by atoms with Crippen molar-refractivity contribution in [3.63, 3.8) is 0 Å². The molecule has 0 fully saturated rings. The van der Waals surface area contributed by atoms with Crippen molar-refractivity contribution in [2.75, 3.05) is 0 Å². The fourth-order valence-electron chi connectivity index (χ4n) is 0.593. The number of allylic oxidation sites excluding steroid dienone is 2. The molecule has 0 aromatic carbocycles. The molecular weight excluding hydrogens is 310 g/mol. The maximum absolute atomic E-state index is 12.6. The second-order valence-corrected chi connectivity index (χ2v) is 3.43. The molecule has 1 atom stereocenters. The minimum atomic E-state index is -2.35. The Bertz CT molecular complexity index is 247. The summed E-state index contributed by atoms with van der Waals surface area (Å²) < 4.78 is 49.9. The summed E-state index contributed by atoms with van der Waals surface area (Å²) in [6.07, 6.45) is -2.35. The van der Waals surface area contributed by atoms with E-state index in [9.17, 15) is 17.6 Å². The lowest BCUT2D eigenvalue weighted by Gasteiger charge is -2.23. The van der Waals surface area contributed by atoms with E-state index in [1.807, 2.05) is 0 Å². The van der Waals surface area contributed by atoms with Crippen LogP contribution in [-0.2, 0) is 0 Å². The Hall–Kier alpha value is -0.0400. The molecule has 0 bridgehead atoms. The summed E-state index contributed by atoms with van der Waals surface area (Å²) in [6, 6.07) is 0. The molecule has 1 nitrogen and oxygen atoms in total. The zero-order chi connectivity index (χ0) is 9.46. The van der Waals surface area contributed by atoms with Crippen LogP contribution in [0.3, 0.4) is 0 Å². The minimum Gasteiger partial charge on any atom is -0.261 e. The van der Waals surface area contributed by atoms with E-state index in [0.29, 0.717) is 3.93 Å². The number of hydrogen-bond acceptors (Lipinski definition) is 1. The zero-order valence-electron chi connectivity index (χ0n) is 5.29. The van der Waals surface area contributed by atoms with E-state index in [4.69, 9.17) is 0 Å². The van der Waals surface area contributed by atoms with Gasteiger partial charge in [-0.05, 0) is 15.9 Å². The molecule has 0 aliphatic carbocycles. The second-order valence-electron chi connectivity index (χ2n) is 1.91. The van der Waals surface area contributed by atoms with Gasteiger partial charge < -0.3 is 0 Å². The first kappa shape index (κ1) is 10.0. The fourth-order valence-corrected chi connectivity index (χ4v) is 1.28. The molecule has 12 heavy (non-hydrogen) atoms. The quantitative estimate of drug-likeness (QED) is 0.375. The van der Waals surface area contributed by atoms with Crippen LogP contribution in [0.1, 0.15) is 0 Å². The van der Waals surface area contributed by atoms with Crippen molar-refractivity contribution in [1.29, 1.82) is 0 Å². The van der Waals surface area contributed by atoms with Crippen LogP contribution in [0.25, 0.3) is 0 Å². The molecule has 1 heterocycles. The Morgan fingerprint density at radius 2 is 1.67 bits per heavy atom. The molecule has 0 saturated heterocycles. The van der Waals surface area contributed by atoms with Crippen LogP contribution in [0.15, 0.2) is 22.1 Å². The number of halogens is 6. The van der Waals surface area contributed by atoms with Gasteiger partial charge in [-0.1, -0.05) is 0 Å². The van der Waals surface area contributed by atoms with Crippen LogP contribution >= 0.6 is 32.1 Å². The third-order valence-electron chi connectivity index (χ3n) is 1.18. The summed E-state index contributed by atoms with van der Waals surface area (Å²) in [5, 5.41) is 0. The van der Waals surface area contributed by atoms with Gasteiger partial charge in [-0.25, -0.2) is 17.6 Å². The average molecular weight is 311 g/mol. The number of nitrogens with zero attached hydrogens (tertiary/aromatic N) is 1. The topological polar surface area (TPSA) is 3.24 Å². The van der Waals surface area contributed by atoms with Gasteiger partial charge in [-0.2, -0.15) is 0 Å². The lowest BCUT2D eigenvalue weighted by Crippen LogP contribution is -2.25. The lowest BCUT2D eigenvalue weighted by atomic mass is 10.3. The van der Waals surface area contributed by atoms with Gasteiger partial charge in [0.2, 0.25) is 6.30 Å². The van der Waals surface area contributed by atoms with E-state index in [2.05, 4.69) is 32.1 Å². The van der Waals surface area contributed by atoms with Gasteiger partial charge in [0.25, 0.3) is 0 Å². The van der Waals surface area contributed by atoms with Crippen molar-refractivity contribution in [3.05, 3.63) is 22.1 Å². The van der Waals surface area contributed by atoms with Crippen molar-refractivity contribution in [1.82, 2.24) is 3.93 Å². The van der Waals surface area contributed by atoms with Crippen LogP contribution in [0.4, 0.5) is 17.6 Å². The van der Waals surface area contributed by atoms with Gasteiger partial charge in [0.05, 0.1) is 16.1 Å². The molecule has 68 valence electrons. The van der Waals surface area contributed by atoms with E-state index in [1.54, 1.807) is 0 Å². The molecule has 1 unspecified atom stereocenters. The van der Waals surface area contributed by atoms with Gasteiger partial charge in [0.1, 0.15) is 4.61 Å². The number of rotatable bonds is 0. The summed E-state index contributed by atoms with van der Waals surface area (Å²) >= 11 is 5.03. The van der Waals surface area contributed by atoms with Crippen molar-refractivity contribution in [3.8, 4) is 0 Å². The summed E-state index contributed by atoms with van der Waals surface area (Å²) in [5.41, 5.74) is 0. The summed E-state index contributed by atoms with van der Waals surface area (Å²) in [7, 11) is 0. The van der Waals surface area contributed by atoms with E-state index >= 15 is 0 Å². The molecule has 0 N–H and O–H groups in total. The van der Waals surface area contributed by atoms with Gasteiger partial charge in [-0.15, -0.1) is 0 Å². The van der Waals surface area contributed by atoms with Gasteiger partial charge in [-0.3, -0.25) is 3.93 Å². The Kier molecular flexibility index (Phi) is 2.82. The fraction of sp³-hybridized carbons (Fsp3) is 0.200. The van der Waals surface area contributed by atoms with Gasteiger partial charge in [0, 0.05) is 0 Å². The molecule has 1 aliphatic heterocycles.